The van der Waals surface area contributed by atoms with Crippen LogP contribution in [0.2, 0.25) is 0 Å². The van der Waals surface area contributed by atoms with Crippen molar-refractivity contribution >= 4 is 17.7 Å². The van der Waals surface area contributed by atoms with E-state index in [9.17, 15) is 4.79 Å². The Morgan fingerprint density at radius 2 is 1.57 bits per heavy atom. The Morgan fingerprint density at radius 1 is 0.967 bits per heavy atom. The van der Waals surface area contributed by atoms with Crippen LogP contribution in [-0.2, 0) is 4.74 Å². The van der Waals surface area contributed by atoms with Gasteiger partial charge >= 0.3 is 6.09 Å². The van der Waals surface area contributed by atoms with Crippen LogP contribution < -0.4 is 5.32 Å². The summed E-state index contributed by atoms with van der Waals surface area (Å²) >= 11 is 0. The van der Waals surface area contributed by atoms with Crippen molar-refractivity contribution in [2.45, 2.75) is 12.8 Å². The van der Waals surface area contributed by atoms with Gasteiger partial charge in [0, 0.05) is 12.5 Å². The third kappa shape index (κ3) is 4.20. The van der Waals surface area contributed by atoms with Gasteiger partial charge in [0.15, 0.2) is 0 Å². The van der Waals surface area contributed by atoms with Crippen LogP contribution >= 0.6 is 0 Å². The van der Waals surface area contributed by atoms with Crippen molar-refractivity contribution in [2.24, 2.45) is 0 Å². The molecule has 1 amide bonds. The first-order valence-corrected chi connectivity index (χ1v) is 10.1. The number of alkyl carbamates (subject to hydrolysis) is 1. The van der Waals surface area contributed by atoms with Gasteiger partial charge in [0.25, 0.3) is 0 Å². The lowest BCUT2D eigenvalue weighted by molar-refractivity contribution is 0.144. The highest BCUT2D eigenvalue weighted by Gasteiger charge is 2.28. The first-order chi connectivity index (χ1) is 14.6. The van der Waals surface area contributed by atoms with E-state index in [4.69, 9.17) is 4.74 Å². The summed E-state index contributed by atoms with van der Waals surface area (Å²) in [6.07, 6.45) is 3.49. The van der Waals surface area contributed by atoms with E-state index in [1.165, 1.54) is 22.3 Å². The fourth-order valence-corrected chi connectivity index (χ4v) is 3.87. The van der Waals surface area contributed by atoms with E-state index in [0.717, 1.165) is 16.7 Å². The van der Waals surface area contributed by atoms with Crippen molar-refractivity contribution in [1.29, 1.82) is 0 Å². The minimum absolute atomic E-state index is 0.0746. The second-order valence-corrected chi connectivity index (χ2v) is 7.51. The van der Waals surface area contributed by atoms with Gasteiger partial charge in [-0.25, -0.2) is 4.79 Å². The molecular formula is C27H25NO2. The SMILES string of the molecule is C=C(C)c1ccc(C=CCNC(=O)OCC2c3ccccc3-c3ccccc32)cc1. The van der Waals surface area contributed by atoms with Crippen molar-refractivity contribution in [3.05, 3.63) is 108 Å². The summed E-state index contributed by atoms with van der Waals surface area (Å²) in [5, 5.41) is 2.79. The minimum atomic E-state index is -0.404. The van der Waals surface area contributed by atoms with Crippen LogP contribution in [0.5, 0.6) is 0 Å². The Kier molecular flexibility index (Phi) is 5.80. The molecule has 0 atom stereocenters. The first-order valence-electron chi connectivity index (χ1n) is 10.1. The number of hydrogen-bond donors (Lipinski definition) is 1. The number of hydrogen-bond acceptors (Lipinski definition) is 2. The highest BCUT2D eigenvalue weighted by atomic mass is 16.5. The summed E-state index contributed by atoms with van der Waals surface area (Å²) < 4.78 is 5.54. The molecule has 0 spiro atoms. The molecular weight excluding hydrogens is 370 g/mol. The maximum atomic E-state index is 12.2. The molecule has 0 aromatic heterocycles. The van der Waals surface area contributed by atoms with Gasteiger partial charge in [-0.1, -0.05) is 97.1 Å². The monoisotopic (exact) mass is 395 g/mol. The van der Waals surface area contributed by atoms with Gasteiger partial charge in [0.05, 0.1) is 0 Å². The zero-order valence-corrected chi connectivity index (χ0v) is 17.1. The van der Waals surface area contributed by atoms with Crippen LogP contribution in [0.3, 0.4) is 0 Å². The third-order valence-electron chi connectivity index (χ3n) is 5.42. The maximum Gasteiger partial charge on any atom is 0.407 e. The van der Waals surface area contributed by atoms with Crippen LogP contribution in [0.4, 0.5) is 4.79 Å². The Labute approximate surface area is 177 Å². The molecule has 3 aromatic carbocycles. The van der Waals surface area contributed by atoms with Gasteiger partial charge in [-0.15, -0.1) is 0 Å². The number of amides is 1. The summed E-state index contributed by atoms with van der Waals surface area (Å²) in [5.41, 5.74) is 8.13. The van der Waals surface area contributed by atoms with Crippen molar-refractivity contribution in [2.75, 3.05) is 13.2 Å². The van der Waals surface area contributed by atoms with Gasteiger partial charge in [-0.3, -0.25) is 0 Å². The summed E-state index contributed by atoms with van der Waals surface area (Å²) in [6, 6.07) is 24.8. The number of nitrogens with one attached hydrogen (secondary N) is 1. The molecule has 0 saturated carbocycles. The van der Waals surface area contributed by atoms with Gasteiger partial charge in [-0.2, -0.15) is 0 Å². The topological polar surface area (TPSA) is 38.3 Å². The number of carbonyl (C=O) groups is 1. The third-order valence-corrected chi connectivity index (χ3v) is 5.42. The minimum Gasteiger partial charge on any atom is -0.449 e. The lowest BCUT2D eigenvalue weighted by Crippen LogP contribution is -2.26. The Balaban J connectivity index is 1.31. The van der Waals surface area contributed by atoms with Crippen LogP contribution in [0.15, 0.2) is 85.5 Å². The summed E-state index contributed by atoms with van der Waals surface area (Å²) in [6.45, 7) is 6.67. The molecule has 3 nitrogen and oxygen atoms in total. The van der Waals surface area contributed by atoms with Gasteiger partial charge in [0.1, 0.15) is 6.61 Å². The normalized spacial score (nSPS) is 12.4. The Hall–Kier alpha value is -3.59. The average Bonchev–Trinajstić information content (AvgIpc) is 3.09. The van der Waals surface area contributed by atoms with Crippen LogP contribution in [0.1, 0.15) is 35.1 Å². The van der Waals surface area contributed by atoms with Crippen molar-refractivity contribution in [3.8, 4) is 11.1 Å². The number of allylic oxidation sites excluding steroid dienone is 1. The molecule has 0 heterocycles. The number of rotatable bonds is 6. The number of ether oxygens (including phenoxy) is 1. The first kappa shape index (κ1) is 19.7. The molecule has 1 N–H and O–H groups in total. The molecule has 0 fully saturated rings. The van der Waals surface area contributed by atoms with Gasteiger partial charge in [-0.05, 0) is 40.3 Å². The molecule has 3 heteroatoms. The molecule has 0 radical (unpaired) electrons. The van der Waals surface area contributed by atoms with E-state index in [0.29, 0.717) is 13.2 Å². The zero-order valence-electron chi connectivity index (χ0n) is 17.1. The fourth-order valence-electron chi connectivity index (χ4n) is 3.87. The van der Waals surface area contributed by atoms with E-state index in [2.05, 4.69) is 36.2 Å². The smallest absolute Gasteiger partial charge is 0.407 e. The molecule has 0 aliphatic heterocycles. The quantitative estimate of drug-likeness (QED) is 0.534. The number of benzene rings is 3. The predicted molar refractivity (Wildman–Crippen MR) is 123 cm³/mol. The maximum absolute atomic E-state index is 12.2. The van der Waals surface area contributed by atoms with E-state index in [1.54, 1.807) is 0 Å². The fraction of sp³-hybridized carbons (Fsp3) is 0.148. The molecule has 3 aromatic rings. The lowest BCUT2D eigenvalue weighted by atomic mass is 9.98. The van der Waals surface area contributed by atoms with Gasteiger partial charge in [0.2, 0.25) is 0 Å². The molecule has 30 heavy (non-hydrogen) atoms. The van der Waals surface area contributed by atoms with Crippen LogP contribution in [0.25, 0.3) is 22.8 Å². The van der Waals surface area contributed by atoms with Crippen molar-refractivity contribution in [3.63, 3.8) is 0 Å². The second kappa shape index (κ2) is 8.83. The zero-order chi connectivity index (χ0) is 20.9. The highest BCUT2D eigenvalue weighted by molar-refractivity contribution is 5.79. The molecule has 0 saturated heterocycles. The predicted octanol–water partition coefficient (Wildman–Crippen LogP) is 6.27. The second-order valence-electron chi connectivity index (χ2n) is 7.51. The summed E-state index contributed by atoms with van der Waals surface area (Å²) in [7, 11) is 0. The average molecular weight is 396 g/mol. The van der Waals surface area contributed by atoms with Crippen LogP contribution in [-0.4, -0.2) is 19.2 Å². The summed E-state index contributed by atoms with van der Waals surface area (Å²) in [4.78, 5) is 12.2. The molecule has 0 unspecified atom stereocenters. The number of carbonyl (C=O) groups excluding carboxylic acids is 1. The molecule has 150 valence electrons. The van der Waals surface area contributed by atoms with E-state index in [1.807, 2.05) is 67.6 Å². The van der Waals surface area contributed by atoms with Gasteiger partial charge < -0.3 is 10.1 Å². The molecule has 0 bridgehead atoms. The highest BCUT2D eigenvalue weighted by Crippen LogP contribution is 2.44. The molecule has 1 aliphatic carbocycles. The van der Waals surface area contributed by atoms with Crippen molar-refractivity contribution < 1.29 is 9.53 Å². The van der Waals surface area contributed by atoms with E-state index < -0.39 is 6.09 Å². The Morgan fingerprint density at radius 3 is 2.17 bits per heavy atom. The number of fused-ring (bicyclic) bond motifs is 3. The standard InChI is InChI=1S/C27H25NO2/c1-19(2)21-15-13-20(14-16-21)8-7-17-28-27(29)30-18-26-24-11-5-3-9-22(24)23-10-4-6-12-25(23)26/h3-16,26H,1,17-18H2,2H3,(H,28,29). The van der Waals surface area contributed by atoms with E-state index in [-0.39, 0.29) is 5.92 Å². The van der Waals surface area contributed by atoms with Crippen molar-refractivity contribution in [1.82, 2.24) is 5.32 Å². The van der Waals surface area contributed by atoms with E-state index >= 15 is 0 Å². The Bertz CT molecular complexity index is 1050. The molecule has 4 rings (SSSR count). The molecule has 1 aliphatic rings. The largest absolute Gasteiger partial charge is 0.449 e. The summed E-state index contributed by atoms with van der Waals surface area (Å²) in [5.74, 6) is 0.0746. The van der Waals surface area contributed by atoms with Crippen LogP contribution in [0, 0.1) is 0 Å². The lowest BCUT2D eigenvalue weighted by Gasteiger charge is -2.14.